The molecule has 1 aromatic carbocycles. The van der Waals surface area contributed by atoms with E-state index < -0.39 is 0 Å². The summed E-state index contributed by atoms with van der Waals surface area (Å²) in [6.45, 7) is 0. The van der Waals surface area contributed by atoms with Crippen LogP contribution in [0.25, 0.3) is 10.9 Å². The summed E-state index contributed by atoms with van der Waals surface area (Å²) in [5.74, 6) is 0.560. The highest BCUT2D eigenvalue weighted by Gasteiger charge is 1.98. The first-order valence-corrected chi connectivity index (χ1v) is 4.31. The highest BCUT2D eigenvalue weighted by atomic mass is 35.5. The van der Waals surface area contributed by atoms with E-state index in [2.05, 4.69) is 11.2 Å². The van der Waals surface area contributed by atoms with Crippen LogP contribution in [0.3, 0.4) is 0 Å². The minimum absolute atomic E-state index is 0.560. The number of hydrogen-bond donors (Lipinski definition) is 0. The number of hydrogen-bond acceptors (Lipinski definition) is 1. The van der Waals surface area contributed by atoms with Crippen LogP contribution in [0.4, 0.5) is 0 Å². The predicted octanol–water partition coefficient (Wildman–Crippen LogP) is 2.31. The molecule has 0 amide bonds. The summed E-state index contributed by atoms with van der Waals surface area (Å²) in [6, 6.07) is 6.13. The van der Waals surface area contributed by atoms with Crippen molar-refractivity contribution in [3.8, 4) is 0 Å². The van der Waals surface area contributed by atoms with Crippen LogP contribution in [0.1, 0.15) is 5.56 Å². The third-order valence-electron chi connectivity index (χ3n) is 1.96. The number of benzene rings is 1. The van der Waals surface area contributed by atoms with Crippen LogP contribution in [-0.2, 0) is 12.9 Å². The van der Waals surface area contributed by atoms with E-state index in [9.17, 15) is 0 Å². The van der Waals surface area contributed by atoms with Crippen LogP contribution in [0, 0.1) is 0 Å². The second-order valence-electron chi connectivity index (χ2n) is 2.79. The van der Waals surface area contributed by atoms with Crippen LogP contribution in [0.15, 0.2) is 24.4 Å². The van der Waals surface area contributed by atoms with Crippen molar-refractivity contribution in [1.29, 1.82) is 0 Å². The van der Waals surface area contributed by atoms with Crippen LogP contribution in [0.2, 0.25) is 0 Å². The molecule has 0 spiro atoms. The smallest absolute Gasteiger partial charge is 0.0679 e. The van der Waals surface area contributed by atoms with Gasteiger partial charge < -0.3 is 0 Å². The summed E-state index contributed by atoms with van der Waals surface area (Å²) >= 11 is 5.71. The number of rotatable bonds is 1. The van der Waals surface area contributed by atoms with Crippen molar-refractivity contribution in [2.75, 3.05) is 0 Å². The van der Waals surface area contributed by atoms with Crippen LogP contribution in [0.5, 0.6) is 0 Å². The molecule has 0 atom stereocenters. The lowest BCUT2D eigenvalue weighted by Crippen LogP contribution is -1.88. The summed E-state index contributed by atoms with van der Waals surface area (Å²) in [4.78, 5) is 0. The fraction of sp³-hybridized carbons (Fsp3) is 0.222. The second kappa shape index (κ2) is 2.79. The first kappa shape index (κ1) is 7.62. The van der Waals surface area contributed by atoms with E-state index in [0.717, 1.165) is 16.5 Å². The Bertz CT molecular complexity index is 406. The van der Waals surface area contributed by atoms with Gasteiger partial charge in [-0.2, -0.15) is 5.10 Å². The molecule has 2 aromatic rings. The van der Waals surface area contributed by atoms with Crippen molar-refractivity contribution < 1.29 is 0 Å². The summed E-state index contributed by atoms with van der Waals surface area (Å²) in [5.41, 5.74) is 2.28. The van der Waals surface area contributed by atoms with E-state index in [4.69, 9.17) is 11.6 Å². The first-order chi connectivity index (χ1) is 5.81. The molecule has 0 N–H and O–H groups in total. The molecule has 0 fully saturated rings. The Morgan fingerprint density at radius 3 is 3.08 bits per heavy atom. The molecule has 0 aliphatic carbocycles. The van der Waals surface area contributed by atoms with Crippen molar-refractivity contribution in [2.24, 2.45) is 7.05 Å². The second-order valence-corrected chi connectivity index (χ2v) is 3.06. The fourth-order valence-electron chi connectivity index (χ4n) is 1.30. The van der Waals surface area contributed by atoms with Gasteiger partial charge >= 0.3 is 0 Å². The summed E-state index contributed by atoms with van der Waals surface area (Å²) in [7, 11) is 1.93. The Morgan fingerprint density at radius 2 is 2.33 bits per heavy atom. The summed E-state index contributed by atoms with van der Waals surface area (Å²) in [5, 5.41) is 5.29. The molecule has 0 aliphatic rings. The van der Waals surface area contributed by atoms with Crippen molar-refractivity contribution in [3.63, 3.8) is 0 Å². The van der Waals surface area contributed by atoms with Gasteiger partial charge in [-0.05, 0) is 17.7 Å². The van der Waals surface area contributed by atoms with Crippen molar-refractivity contribution in [1.82, 2.24) is 9.78 Å². The number of nitrogens with zero attached hydrogens (tertiary/aromatic N) is 2. The highest BCUT2D eigenvalue weighted by Crippen LogP contribution is 2.15. The maximum absolute atomic E-state index is 5.71. The molecule has 12 heavy (non-hydrogen) atoms. The molecular formula is C9H9ClN2. The summed E-state index contributed by atoms with van der Waals surface area (Å²) in [6.07, 6.45) is 1.85. The first-order valence-electron chi connectivity index (χ1n) is 3.78. The lowest BCUT2D eigenvalue weighted by atomic mass is 10.2. The van der Waals surface area contributed by atoms with Gasteiger partial charge in [0.05, 0.1) is 11.7 Å². The predicted molar refractivity (Wildman–Crippen MR) is 50.3 cm³/mol. The van der Waals surface area contributed by atoms with Gasteiger partial charge in [0.15, 0.2) is 0 Å². The quantitative estimate of drug-likeness (QED) is 0.616. The Hall–Kier alpha value is -1.02. The van der Waals surface area contributed by atoms with Gasteiger partial charge in [0.25, 0.3) is 0 Å². The Kier molecular flexibility index (Phi) is 1.77. The van der Waals surface area contributed by atoms with Gasteiger partial charge in [-0.25, -0.2) is 0 Å². The SMILES string of the molecule is Cn1ncc2cc(CCl)ccc21. The average Bonchev–Trinajstić information content (AvgIpc) is 2.47. The van der Waals surface area contributed by atoms with E-state index in [0.29, 0.717) is 5.88 Å². The van der Waals surface area contributed by atoms with E-state index in [1.54, 1.807) is 0 Å². The monoisotopic (exact) mass is 180 g/mol. The van der Waals surface area contributed by atoms with Gasteiger partial charge in [0.1, 0.15) is 0 Å². The zero-order chi connectivity index (χ0) is 8.55. The lowest BCUT2D eigenvalue weighted by molar-refractivity contribution is 0.797. The van der Waals surface area contributed by atoms with Crippen LogP contribution < -0.4 is 0 Å². The molecule has 1 aromatic heterocycles. The number of aryl methyl sites for hydroxylation is 1. The van der Waals surface area contributed by atoms with E-state index in [-0.39, 0.29) is 0 Å². The van der Waals surface area contributed by atoms with Gasteiger partial charge in [0.2, 0.25) is 0 Å². The molecule has 0 unspecified atom stereocenters. The Balaban J connectivity index is 2.69. The largest absolute Gasteiger partial charge is 0.268 e. The minimum Gasteiger partial charge on any atom is -0.268 e. The molecule has 0 bridgehead atoms. The van der Waals surface area contributed by atoms with Gasteiger partial charge in [-0.3, -0.25) is 4.68 Å². The molecule has 0 radical (unpaired) electrons. The molecule has 0 saturated heterocycles. The number of aromatic nitrogens is 2. The molecule has 3 heteroatoms. The summed E-state index contributed by atoms with van der Waals surface area (Å²) < 4.78 is 1.85. The normalized spacial score (nSPS) is 10.8. The number of alkyl halides is 1. The molecule has 2 rings (SSSR count). The maximum Gasteiger partial charge on any atom is 0.0679 e. The topological polar surface area (TPSA) is 17.8 Å². The van der Waals surface area contributed by atoms with Crippen molar-refractivity contribution in [2.45, 2.75) is 5.88 Å². The van der Waals surface area contributed by atoms with Crippen LogP contribution >= 0.6 is 11.6 Å². The molecule has 2 nitrogen and oxygen atoms in total. The van der Waals surface area contributed by atoms with Gasteiger partial charge in [0, 0.05) is 18.3 Å². The molecule has 0 saturated carbocycles. The van der Waals surface area contributed by atoms with Gasteiger partial charge in [-0.15, -0.1) is 11.6 Å². The van der Waals surface area contributed by atoms with E-state index in [1.165, 1.54) is 0 Å². The highest BCUT2D eigenvalue weighted by molar-refractivity contribution is 6.17. The maximum atomic E-state index is 5.71. The third kappa shape index (κ3) is 1.08. The number of halogens is 1. The fourth-order valence-corrected chi connectivity index (χ4v) is 1.46. The molecule has 62 valence electrons. The Morgan fingerprint density at radius 1 is 1.50 bits per heavy atom. The zero-order valence-corrected chi connectivity index (χ0v) is 7.54. The molecule has 1 heterocycles. The number of fused-ring (bicyclic) bond motifs is 1. The minimum atomic E-state index is 0.560. The molecular weight excluding hydrogens is 172 g/mol. The Labute approximate surface area is 75.8 Å². The molecule has 0 aliphatic heterocycles. The van der Waals surface area contributed by atoms with Gasteiger partial charge in [-0.1, -0.05) is 6.07 Å². The van der Waals surface area contributed by atoms with Crippen LogP contribution in [-0.4, -0.2) is 9.78 Å². The van der Waals surface area contributed by atoms with Crippen molar-refractivity contribution >= 4 is 22.5 Å². The zero-order valence-electron chi connectivity index (χ0n) is 6.79. The van der Waals surface area contributed by atoms with Crippen molar-refractivity contribution in [3.05, 3.63) is 30.0 Å². The van der Waals surface area contributed by atoms with E-state index in [1.807, 2.05) is 30.1 Å². The lowest BCUT2D eigenvalue weighted by Gasteiger charge is -1.96. The third-order valence-corrected chi connectivity index (χ3v) is 2.27. The average molecular weight is 181 g/mol. The van der Waals surface area contributed by atoms with E-state index >= 15 is 0 Å². The standard InChI is InChI=1S/C9H9ClN2/c1-12-9-3-2-7(5-10)4-8(9)6-11-12/h2-4,6H,5H2,1H3.